The monoisotopic (exact) mass is 513 g/mol. The molecule has 0 radical (unpaired) electrons. The molecule has 1 aliphatic heterocycles. The Kier molecular flexibility index (Phi) is 5.20. The van der Waals surface area contributed by atoms with E-state index in [0.29, 0.717) is 16.9 Å². The number of nitrogens with zero attached hydrogens (tertiary/aromatic N) is 2. The number of amides is 1. The standard InChI is InChI=1S/C24H15BrF3N3O2/c25-16-8-6-14(7-9-16)20-19-21(23(32)29-20)30-31(22(19)15-4-2-1-3-5-15)17-10-12-18(13-11-17)33-24(26,27)28/h1-13,20H,(H,29,32). The zero-order valence-electron chi connectivity index (χ0n) is 16.8. The van der Waals surface area contributed by atoms with Crippen LogP contribution in [0.1, 0.15) is 27.7 Å². The lowest BCUT2D eigenvalue weighted by Crippen LogP contribution is -2.22. The third-order valence-corrected chi connectivity index (χ3v) is 5.80. The Morgan fingerprint density at radius 3 is 2.24 bits per heavy atom. The Balaban J connectivity index is 1.66. The minimum absolute atomic E-state index is 0.275. The van der Waals surface area contributed by atoms with Crippen molar-refractivity contribution in [1.29, 1.82) is 0 Å². The van der Waals surface area contributed by atoms with Crippen LogP contribution >= 0.6 is 15.9 Å². The van der Waals surface area contributed by atoms with E-state index in [9.17, 15) is 18.0 Å². The maximum Gasteiger partial charge on any atom is 0.573 e. The number of ether oxygens (including phenoxy) is 1. The van der Waals surface area contributed by atoms with Crippen LogP contribution in [0, 0.1) is 0 Å². The van der Waals surface area contributed by atoms with Crippen LogP contribution in [-0.4, -0.2) is 22.1 Å². The van der Waals surface area contributed by atoms with Crippen LogP contribution < -0.4 is 10.1 Å². The van der Waals surface area contributed by atoms with Gasteiger partial charge in [-0.05, 0) is 42.0 Å². The minimum atomic E-state index is -4.78. The summed E-state index contributed by atoms with van der Waals surface area (Å²) in [6, 6.07) is 22.0. The molecular formula is C24H15BrF3N3O2. The molecule has 3 aromatic carbocycles. The number of hydrogen-bond donors (Lipinski definition) is 1. The van der Waals surface area contributed by atoms with Crippen molar-refractivity contribution in [2.75, 3.05) is 0 Å². The highest BCUT2D eigenvalue weighted by atomic mass is 79.9. The Hall–Kier alpha value is -3.59. The highest BCUT2D eigenvalue weighted by Gasteiger charge is 2.38. The number of fused-ring (bicyclic) bond motifs is 1. The number of hydrogen-bond acceptors (Lipinski definition) is 3. The van der Waals surface area contributed by atoms with Crippen LogP contribution in [0.2, 0.25) is 0 Å². The summed E-state index contributed by atoms with van der Waals surface area (Å²) >= 11 is 3.42. The number of carbonyl (C=O) groups is 1. The third-order valence-electron chi connectivity index (χ3n) is 5.27. The van der Waals surface area contributed by atoms with E-state index in [0.717, 1.165) is 15.6 Å². The Labute approximate surface area is 194 Å². The van der Waals surface area contributed by atoms with Gasteiger partial charge in [0.1, 0.15) is 5.75 Å². The molecule has 1 unspecified atom stereocenters. The van der Waals surface area contributed by atoms with E-state index in [-0.39, 0.29) is 17.4 Å². The number of carbonyl (C=O) groups excluding carboxylic acids is 1. The van der Waals surface area contributed by atoms with Gasteiger partial charge in [0, 0.05) is 15.6 Å². The number of halogens is 4. The molecule has 9 heteroatoms. The van der Waals surface area contributed by atoms with Gasteiger partial charge in [0.25, 0.3) is 5.91 Å². The second-order valence-electron chi connectivity index (χ2n) is 7.39. The molecule has 1 amide bonds. The lowest BCUT2D eigenvalue weighted by atomic mass is 9.96. The molecule has 1 aliphatic rings. The summed E-state index contributed by atoms with van der Waals surface area (Å²) in [4.78, 5) is 12.8. The summed E-state index contributed by atoms with van der Waals surface area (Å²) in [7, 11) is 0. The van der Waals surface area contributed by atoms with E-state index in [1.54, 1.807) is 4.68 Å². The average Bonchev–Trinajstić information content (AvgIpc) is 3.32. The van der Waals surface area contributed by atoms with Gasteiger partial charge < -0.3 is 10.1 Å². The van der Waals surface area contributed by atoms with Crippen molar-refractivity contribution in [3.05, 3.63) is 100 Å². The lowest BCUT2D eigenvalue weighted by Gasteiger charge is -2.17. The largest absolute Gasteiger partial charge is 0.573 e. The summed E-state index contributed by atoms with van der Waals surface area (Å²) in [5.74, 6) is -0.649. The molecule has 1 aromatic heterocycles. The van der Waals surface area contributed by atoms with Crippen molar-refractivity contribution in [3.63, 3.8) is 0 Å². The second kappa shape index (κ2) is 8.08. The van der Waals surface area contributed by atoms with Gasteiger partial charge in [-0.3, -0.25) is 4.79 Å². The minimum Gasteiger partial charge on any atom is -0.406 e. The van der Waals surface area contributed by atoms with Crippen molar-refractivity contribution >= 4 is 21.8 Å². The van der Waals surface area contributed by atoms with Crippen LogP contribution in [-0.2, 0) is 0 Å². The topological polar surface area (TPSA) is 56.2 Å². The fourth-order valence-corrected chi connectivity index (χ4v) is 4.16. The predicted octanol–water partition coefficient (Wildman–Crippen LogP) is 6.03. The van der Waals surface area contributed by atoms with Gasteiger partial charge in [0.2, 0.25) is 0 Å². The van der Waals surface area contributed by atoms with E-state index in [2.05, 4.69) is 31.1 Å². The molecule has 2 heterocycles. The summed E-state index contributed by atoms with van der Waals surface area (Å²) in [6.45, 7) is 0. The maximum absolute atomic E-state index is 12.8. The Morgan fingerprint density at radius 2 is 1.61 bits per heavy atom. The molecule has 0 bridgehead atoms. The SMILES string of the molecule is O=C1NC(c2ccc(Br)cc2)c2c1nn(-c1ccc(OC(F)(F)F)cc1)c2-c1ccccc1. The zero-order valence-corrected chi connectivity index (χ0v) is 18.4. The fraction of sp³-hybridized carbons (Fsp3) is 0.0833. The van der Waals surface area contributed by atoms with E-state index < -0.39 is 12.4 Å². The van der Waals surface area contributed by atoms with Crippen molar-refractivity contribution in [2.45, 2.75) is 12.4 Å². The van der Waals surface area contributed by atoms with Gasteiger partial charge in [-0.25, -0.2) is 4.68 Å². The van der Waals surface area contributed by atoms with Gasteiger partial charge >= 0.3 is 6.36 Å². The zero-order chi connectivity index (χ0) is 23.2. The third kappa shape index (κ3) is 4.11. The highest BCUT2D eigenvalue weighted by Crippen LogP contribution is 2.40. The fourth-order valence-electron chi connectivity index (χ4n) is 3.90. The Bertz CT molecular complexity index is 1320. The maximum atomic E-state index is 12.8. The summed E-state index contributed by atoms with van der Waals surface area (Å²) in [5.41, 5.74) is 3.87. The van der Waals surface area contributed by atoms with E-state index in [1.807, 2.05) is 54.6 Å². The molecule has 1 N–H and O–H groups in total. The molecule has 1 atom stereocenters. The Morgan fingerprint density at radius 1 is 0.939 bits per heavy atom. The molecule has 5 nitrogen and oxygen atoms in total. The first-order chi connectivity index (χ1) is 15.8. The molecule has 4 aromatic rings. The summed E-state index contributed by atoms with van der Waals surface area (Å²) < 4.78 is 44.1. The second-order valence-corrected chi connectivity index (χ2v) is 8.30. The van der Waals surface area contributed by atoms with Crippen molar-refractivity contribution in [2.24, 2.45) is 0 Å². The smallest absolute Gasteiger partial charge is 0.406 e. The van der Waals surface area contributed by atoms with Crippen molar-refractivity contribution in [1.82, 2.24) is 15.1 Å². The van der Waals surface area contributed by atoms with Crippen LogP contribution in [0.15, 0.2) is 83.3 Å². The van der Waals surface area contributed by atoms with Gasteiger partial charge in [-0.15, -0.1) is 13.2 Å². The van der Waals surface area contributed by atoms with Crippen molar-refractivity contribution < 1.29 is 22.7 Å². The summed E-state index contributed by atoms with van der Waals surface area (Å²) in [5, 5.41) is 7.53. The highest BCUT2D eigenvalue weighted by molar-refractivity contribution is 9.10. The first-order valence-corrected chi connectivity index (χ1v) is 10.7. The van der Waals surface area contributed by atoms with Crippen LogP contribution in [0.3, 0.4) is 0 Å². The molecule has 166 valence electrons. The number of rotatable bonds is 4. The van der Waals surface area contributed by atoms with Crippen LogP contribution in [0.25, 0.3) is 16.9 Å². The number of nitrogens with one attached hydrogen (secondary N) is 1. The molecular weight excluding hydrogens is 499 g/mol. The lowest BCUT2D eigenvalue weighted by molar-refractivity contribution is -0.274. The van der Waals surface area contributed by atoms with Gasteiger partial charge in [0.15, 0.2) is 5.69 Å². The van der Waals surface area contributed by atoms with Gasteiger partial charge in [-0.1, -0.05) is 58.4 Å². The molecule has 0 aliphatic carbocycles. The normalized spacial score (nSPS) is 15.3. The average molecular weight is 514 g/mol. The van der Waals surface area contributed by atoms with Crippen LogP contribution in [0.5, 0.6) is 5.75 Å². The van der Waals surface area contributed by atoms with Crippen LogP contribution in [0.4, 0.5) is 13.2 Å². The van der Waals surface area contributed by atoms with Crippen molar-refractivity contribution in [3.8, 4) is 22.7 Å². The van der Waals surface area contributed by atoms with Gasteiger partial charge in [0.05, 0.1) is 17.4 Å². The van der Waals surface area contributed by atoms with E-state index in [1.165, 1.54) is 24.3 Å². The molecule has 0 saturated carbocycles. The number of aromatic nitrogens is 2. The van der Waals surface area contributed by atoms with E-state index in [4.69, 9.17) is 0 Å². The van der Waals surface area contributed by atoms with E-state index >= 15 is 0 Å². The summed E-state index contributed by atoms with van der Waals surface area (Å²) in [6.07, 6.45) is -4.78. The number of alkyl halides is 3. The van der Waals surface area contributed by atoms with Gasteiger partial charge in [-0.2, -0.15) is 5.10 Å². The quantitative estimate of drug-likeness (QED) is 0.362. The molecule has 0 fully saturated rings. The first kappa shape index (κ1) is 21.3. The molecule has 0 spiro atoms. The number of benzene rings is 3. The molecule has 33 heavy (non-hydrogen) atoms. The predicted molar refractivity (Wildman–Crippen MR) is 119 cm³/mol. The molecule has 5 rings (SSSR count). The first-order valence-electron chi connectivity index (χ1n) is 9.91. The molecule has 0 saturated heterocycles.